The van der Waals surface area contributed by atoms with E-state index in [2.05, 4.69) is 42.2 Å². The summed E-state index contributed by atoms with van der Waals surface area (Å²) >= 11 is 1.68. The molecule has 0 aliphatic carbocycles. The molecule has 0 radical (unpaired) electrons. The zero-order chi connectivity index (χ0) is 57.6. The van der Waals surface area contributed by atoms with E-state index in [1.807, 2.05) is 0 Å². The number of phenols is 1. The fourth-order valence-corrected chi connectivity index (χ4v) is 13.8. The zero-order valence-corrected chi connectivity index (χ0v) is 45.9. The van der Waals surface area contributed by atoms with Gasteiger partial charge in [0.25, 0.3) is 0 Å². The smallest absolute Gasteiger partial charge is 0.246 e. The predicted octanol–water partition coefficient (Wildman–Crippen LogP) is -3.08. The van der Waals surface area contributed by atoms with E-state index in [-0.39, 0.29) is 69.1 Å². The number of rotatable bonds is 19. The number of hydrogen-bond donors (Lipinski definition) is 13. The molecule has 18 N–H and O–H groups in total. The first-order chi connectivity index (χ1) is 37.6. The number of benzene rings is 2. The van der Waals surface area contributed by atoms with Gasteiger partial charge in [-0.25, -0.2) is 0 Å². The topological polar surface area (TPSA) is 438 Å². The second kappa shape index (κ2) is 30.8. The Bertz CT molecular complexity index is 2550. The Balaban J connectivity index is 1.53. The molecule has 5 rings (SSSR count). The van der Waals surface area contributed by atoms with Gasteiger partial charge in [-0.3, -0.25) is 57.7 Å². The fraction of sp³-hybridized carbons (Fsp3) is 0.520. The van der Waals surface area contributed by atoms with Crippen LogP contribution in [0.5, 0.6) is 5.75 Å². The number of aliphatic imine (C=N–C) groups is 1. The van der Waals surface area contributed by atoms with E-state index in [4.69, 9.17) is 28.7 Å². The van der Waals surface area contributed by atoms with Crippen LogP contribution in [0.3, 0.4) is 0 Å². The molecule has 1 spiro atoms. The van der Waals surface area contributed by atoms with Crippen LogP contribution in [-0.2, 0) is 65.6 Å². The van der Waals surface area contributed by atoms with E-state index in [1.54, 1.807) is 54.2 Å². The highest BCUT2D eigenvalue weighted by Gasteiger charge is 2.42. The molecular formula is C50H70N14O12S3. The number of amides is 11. The lowest BCUT2D eigenvalue weighted by Crippen LogP contribution is -2.61. The van der Waals surface area contributed by atoms with E-state index in [0.29, 0.717) is 41.9 Å². The van der Waals surface area contributed by atoms with Crippen molar-refractivity contribution in [1.29, 1.82) is 0 Å². The van der Waals surface area contributed by atoms with Crippen LogP contribution in [0.2, 0.25) is 0 Å². The van der Waals surface area contributed by atoms with Crippen LogP contribution < -0.4 is 65.9 Å². The van der Waals surface area contributed by atoms with Crippen molar-refractivity contribution in [3.63, 3.8) is 0 Å². The minimum atomic E-state index is -1.78. The molecular weight excluding hydrogens is 1080 g/mol. The first-order valence-corrected chi connectivity index (χ1v) is 29.1. The van der Waals surface area contributed by atoms with E-state index >= 15 is 0 Å². The first kappa shape index (κ1) is 62.6. The Morgan fingerprint density at radius 1 is 0.747 bits per heavy atom. The number of primary amides is 3. The lowest BCUT2D eigenvalue weighted by Gasteiger charge is -2.36. The lowest BCUT2D eigenvalue weighted by atomic mass is 9.96. The number of phenolic OH excluding ortho intramolecular Hbond substituents is 1. The van der Waals surface area contributed by atoms with Gasteiger partial charge in [0.2, 0.25) is 65.0 Å². The van der Waals surface area contributed by atoms with Crippen molar-refractivity contribution in [3.8, 4) is 5.75 Å². The number of guanidine groups is 1. The van der Waals surface area contributed by atoms with Gasteiger partial charge in [-0.1, -0.05) is 64.1 Å². The average Bonchev–Trinajstić information content (AvgIpc) is 3.98. The van der Waals surface area contributed by atoms with Crippen molar-refractivity contribution in [2.75, 3.05) is 36.9 Å². The van der Waals surface area contributed by atoms with Gasteiger partial charge in [-0.05, 0) is 79.7 Å². The molecule has 2 aromatic carbocycles. The minimum absolute atomic E-state index is 0.0131. The Labute approximate surface area is 468 Å². The van der Waals surface area contributed by atoms with Crippen molar-refractivity contribution in [1.82, 2.24) is 42.1 Å². The third-order valence-corrected chi connectivity index (χ3v) is 17.4. The van der Waals surface area contributed by atoms with Gasteiger partial charge in [0.15, 0.2) is 5.96 Å². The minimum Gasteiger partial charge on any atom is -0.508 e. The highest BCUT2D eigenvalue weighted by atomic mass is 33.1. The number of aromatic hydroxyl groups is 1. The molecule has 29 heteroatoms. The molecule has 11 amide bonds. The fourth-order valence-electron chi connectivity index (χ4n) is 9.00. The molecule has 430 valence electrons. The summed E-state index contributed by atoms with van der Waals surface area (Å²) in [7, 11) is 2.46. The van der Waals surface area contributed by atoms with Crippen molar-refractivity contribution in [2.45, 2.75) is 124 Å². The van der Waals surface area contributed by atoms with Crippen LogP contribution in [0.15, 0.2) is 59.6 Å². The van der Waals surface area contributed by atoms with Crippen LogP contribution in [0.1, 0.15) is 75.3 Å². The molecule has 26 nitrogen and oxygen atoms in total. The molecule has 3 fully saturated rings. The van der Waals surface area contributed by atoms with Gasteiger partial charge in [0.1, 0.15) is 48.0 Å². The third-order valence-electron chi connectivity index (χ3n) is 13.1. The van der Waals surface area contributed by atoms with Crippen molar-refractivity contribution >= 4 is 104 Å². The summed E-state index contributed by atoms with van der Waals surface area (Å²) < 4.78 is -0.780. The second-order valence-corrected chi connectivity index (χ2v) is 23.4. The summed E-state index contributed by atoms with van der Waals surface area (Å²) in [5, 5.41) is 28.4. The number of thioether (sulfide) groups is 1. The third kappa shape index (κ3) is 20.5. The number of nitrogens with zero attached hydrogens (tertiary/aromatic N) is 2. The normalized spacial score (nSPS) is 22.8. The number of nitrogens with two attached hydrogens (primary N) is 5. The second-order valence-electron chi connectivity index (χ2n) is 19.3. The number of nitrogens with one attached hydrogen (secondary N) is 7. The SMILES string of the molecule is NC(=O)CCC1NC(=O)[C@H](Cc2ccccc2)NC(=O)C(Cc2ccc(O)cc2)NC(=O)CC2(CCSCC2)SSC[C@@H](C(=O)N2CCC[C@H]2C(=O)N[C@@H](CCCN=C(N)N)C(=O)NCC(N)=O)NC(=O)C(CC(N)=O)NC1=O. The number of likely N-dealkylation sites (tertiary alicyclic amines) is 1. The summed E-state index contributed by atoms with van der Waals surface area (Å²) in [4.78, 5) is 156. The summed E-state index contributed by atoms with van der Waals surface area (Å²) in [6.07, 6.45) is -0.254. The van der Waals surface area contributed by atoms with Crippen LogP contribution in [0, 0.1) is 0 Å². The highest BCUT2D eigenvalue weighted by molar-refractivity contribution is 8.77. The van der Waals surface area contributed by atoms with E-state index in [0.717, 1.165) is 10.8 Å². The molecule has 0 aromatic heterocycles. The van der Waals surface area contributed by atoms with Gasteiger partial charge in [-0.2, -0.15) is 11.8 Å². The summed E-state index contributed by atoms with van der Waals surface area (Å²) in [5.74, 6) is -8.39. The molecule has 2 aromatic rings. The van der Waals surface area contributed by atoms with E-state index in [1.165, 1.54) is 27.8 Å². The molecule has 3 unspecified atom stereocenters. The highest BCUT2D eigenvalue weighted by Crippen LogP contribution is 2.47. The van der Waals surface area contributed by atoms with Gasteiger partial charge < -0.3 is 75.9 Å². The maximum absolute atomic E-state index is 14.9. The van der Waals surface area contributed by atoms with Crippen molar-refractivity contribution < 1.29 is 57.8 Å². The van der Waals surface area contributed by atoms with Crippen molar-refractivity contribution in [2.24, 2.45) is 33.7 Å². The van der Waals surface area contributed by atoms with Gasteiger partial charge in [0, 0.05) is 49.3 Å². The Hall–Kier alpha value is -7.27. The Morgan fingerprint density at radius 3 is 1.99 bits per heavy atom. The molecule has 79 heavy (non-hydrogen) atoms. The van der Waals surface area contributed by atoms with Crippen molar-refractivity contribution in [3.05, 3.63) is 65.7 Å². The zero-order valence-electron chi connectivity index (χ0n) is 43.4. The maximum atomic E-state index is 14.9. The lowest BCUT2D eigenvalue weighted by molar-refractivity contribution is -0.142. The van der Waals surface area contributed by atoms with E-state index in [9.17, 15) is 57.8 Å². The summed E-state index contributed by atoms with van der Waals surface area (Å²) in [6, 6.07) is 4.63. The van der Waals surface area contributed by atoms with E-state index < -0.39 is 138 Å². The maximum Gasteiger partial charge on any atom is 0.246 e. The summed E-state index contributed by atoms with van der Waals surface area (Å²) in [5.41, 5.74) is 28.4. The standard InChI is InChI=1S/C50H70N14O12S3/c51-38(66)15-14-32-43(71)62-35(24-39(52)67)46(74)63-36(48(76)64-19-5-9-37(64)47(75)60-31(8-4-18-56-49(54)55)42(70)57-26-40(53)68)27-78-79-50(16-20-77-21-17-50)25-41(69)58-33(23-29-10-12-30(65)13-11-29)44(72)61-34(45(73)59-32)22-28-6-2-1-3-7-28/h1-3,6-7,10-13,31-37,65H,4-5,8-9,14-27H2,(H2,51,66)(H2,52,67)(H2,53,68)(H,57,70)(H,58,69)(H,59,73)(H,60,75)(H,61,72)(H,62,71)(H,63,74)(H4,54,55,56)/t31-,32?,33?,34-,35?,36-,37-/m0/s1. The van der Waals surface area contributed by atoms with Gasteiger partial charge >= 0.3 is 0 Å². The first-order valence-electron chi connectivity index (χ1n) is 25.6. The molecule has 3 aliphatic rings. The van der Waals surface area contributed by atoms with Crippen LogP contribution in [0.4, 0.5) is 0 Å². The molecule has 7 atom stereocenters. The number of carbonyl (C=O) groups is 11. The Morgan fingerprint density at radius 2 is 1.35 bits per heavy atom. The molecule has 0 bridgehead atoms. The largest absolute Gasteiger partial charge is 0.508 e. The van der Waals surface area contributed by atoms with Crippen LogP contribution in [0.25, 0.3) is 0 Å². The molecule has 3 aliphatic heterocycles. The summed E-state index contributed by atoms with van der Waals surface area (Å²) in [6.45, 7) is -0.400. The van der Waals surface area contributed by atoms with Gasteiger partial charge in [0.05, 0.1) is 13.0 Å². The molecule has 0 saturated carbocycles. The average molecular weight is 1160 g/mol. The Kier molecular flexibility index (Phi) is 24.4. The van der Waals surface area contributed by atoms with Crippen LogP contribution in [-0.4, -0.2) is 165 Å². The monoisotopic (exact) mass is 1150 g/mol. The predicted molar refractivity (Wildman–Crippen MR) is 297 cm³/mol. The quantitative estimate of drug-likeness (QED) is 0.0287. The number of carbonyl (C=O) groups excluding carboxylic acids is 11. The molecule has 3 saturated heterocycles. The number of hydrogen-bond acceptors (Lipinski definition) is 16. The van der Waals surface area contributed by atoms with Gasteiger partial charge in [-0.15, -0.1) is 0 Å². The molecule has 3 heterocycles. The van der Waals surface area contributed by atoms with Crippen LogP contribution >= 0.6 is 33.3 Å².